The molecule has 2 heterocycles. The van der Waals surface area contributed by atoms with Gasteiger partial charge < -0.3 is 10.6 Å². The highest BCUT2D eigenvalue weighted by Crippen LogP contribution is 2.30. The van der Waals surface area contributed by atoms with Gasteiger partial charge in [0.2, 0.25) is 11.8 Å². The van der Waals surface area contributed by atoms with Gasteiger partial charge in [-0.05, 0) is 48.7 Å². The third kappa shape index (κ3) is 3.63. The summed E-state index contributed by atoms with van der Waals surface area (Å²) >= 11 is 1.58. The van der Waals surface area contributed by atoms with Crippen LogP contribution in [0.4, 0.5) is 15.9 Å². The number of anilines is 2. The van der Waals surface area contributed by atoms with E-state index in [4.69, 9.17) is 0 Å². The Balaban J connectivity index is 1.63. The van der Waals surface area contributed by atoms with Crippen LogP contribution < -0.4 is 10.6 Å². The van der Waals surface area contributed by atoms with Crippen molar-refractivity contribution in [3.8, 4) is 11.3 Å². The number of halogens is 1. The molecular formula is C20H17FN4O2S. The van der Waals surface area contributed by atoms with Gasteiger partial charge in [-0.3, -0.25) is 9.59 Å². The van der Waals surface area contributed by atoms with Gasteiger partial charge in [0.25, 0.3) is 0 Å². The molecule has 1 aliphatic heterocycles. The molecule has 2 N–H and O–H groups in total. The van der Waals surface area contributed by atoms with Crippen LogP contribution in [0, 0.1) is 5.82 Å². The fourth-order valence-electron chi connectivity index (χ4n) is 3.07. The molecule has 6 nitrogen and oxygen atoms in total. The van der Waals surface area contributed by atoms with Crippen molar-refractivity contribution in [3.63, 3.8) is 0 Å². The van der Waals surface area contributed by atoms with Crippen LogP contribution in [0.2, 0.25) is 0 Å². The van der Waals surface area contributed by atoms with E-state index in [9.17, 15) is 14.0 Å². The van der Waals surface area contributed by atoms with Gasteiger partial charge >= 0.3 is 0 Å². The molecule has 0 bridgehead atoms. The predicted molar refractivity (Wildman–Crippen MR) is 107 cm³/mol. The summed E-state index contributed by atoms with van der Waals surface area (Å²) in [4.78, 5) is 26.0. The molecule has 142 valence electrons. The number of nitrogens with one attached hydrogen (secondary N) is 2. The molecule has 1 atom stereocenters. The minimum absolute atomic E-state index is 0.00834. The van der Waals surface area contributed by atoms with Crippen molar-refractivity contribution in [2.24, 2.45) is 0 Å². The average Bonchev–Trinajstić information content (AvgIpc) is 3.11. The number of carbonyl (C=O) groups is 2. The molecule has 28 heavy (non-hydrogen) atoms. The van der Waals surface area contributed by atoms with Gasteiger partial charge in [-0.2, -0.15) is 5.10 Å². The Morgan fingerprint density at radius 2 is 2.04 bits per heavy atom. The van der Waals surface area contributed by atoms with Gasteiger partial charge in [-0.1, -0.05) is 6.07 Å². The van der Waals surface area contributed by atoms with Gasteiger partial charge in [-0.25, -0.2) is 9.07 Å². The summed E-state index contributed by atoms with van der Waals surface area (Å²) in [6.07, 6.45) is 1.95. The van der Waals surface area contributed by atoms with Crippen molar-refractivity contribution in [3.05, 3.63) is 60.4 Å². The zero-order valence-corrected chi connectivity index (χ0v) is 15.8. The lowest BCUT2D eigenvalue weighted by atomic mass is 10.1. The zero-order valence-electron chi connectivity index (χ0n) is 15.0. The Kier molecular flexibility index (Phi) is 4.87. The Bertz CT molecular complexity index is 1050. The molecule has 0 fully saturated rings. The number of nitrogens with zero attached hydrogens (tertiary/aromatic N) is 2. The van der Waals surface area contributed by atoms with Crippen molar-refractivity contribution in [1.29, 1.82) is 0 Å². The number of amides is 2. The lowest BCUT2D eigenvalue weighted by molar-refractivity contribution is -0.125. The molecule has 1 unspecified atom stereocenters. The van der Waals surface area contributed by atoms with E-state index in [0.717, 1.165) is 4.90 Å². The molecule has 2 amide bonds. The Morgan fingerprint density at radius 3 is 2.79 bits per heavy atom. The van der Waals surface area contributed by atoms with Gasteiger partial charge in [0.15, 0.2) is 0 Å². The standard InChI is InChI=1S/C20H17FN4O2S/c1-28-15-4-2-3-14(9-15)22-20(27)17-11-19(26)23-18-10-16(24-25(17)18)12-5-7-13(21)8-6-12/h2-10,17H,11H2,1H3,(H,22,27)(H,23,26). The predicted octanol–water partition coefficient (Wildman–Crippen LogP) is 3.93. The maximum atomic E-state index is 13.2. The third-order valence-electron chi connectivity index (χ3n) is 4.46. The molecule has 8 heteroatoms. The first-order valence-corrected chi connectivity index (χ1v) is 9.86. The van der Waals surface area contributed by atoms with E-state index in [0.29, 0.717) is 22.8 Å². The van der Waals surface area contributed by atoms with Crippen LogP contribution in [-0.4, -0.2) is 27.9 Å². The Morgan fingerprint density at radius 1 is 1.25 bits per heavy atom. The second-order valence-electron chi connectivity index (χ2n) is 6.36. The van der Waals surface area contributed by atoms with E-state index in [-0.39, 0.29) is 24.1 Å². The summed E-state index contributed by atoms with van der Waals surface area (Å²) in [5.74, 6) is -0.474. The average molecular weight is 396 g/mol. The van der Waals surface area contributed by atoms with Crippen LogP contribution in [0.3, 0.4) is 0 Å². The SMILES string of the molecule is CSc1cccc(NC(=O)C2CC(=O)Nc3cc(-c4ccc(F)cc4)nn32)c1. The fourth-order valence-corrected chi connectivity index (χ4v) is 3.53. The Labute approximate surface area is 165 Å². The quantitative estimate of drug-likeness (QED) is 0.655. The van der Waals surface area contributed by atoms with Gasteiger partial charge in [-0.15, -0.1) is 11.8 Å². The summed E-state index contributed by atoms with van der Waals surface area (Å²) in [6, 6.07) is 14.3. The first-order valence-electron chi connectivity index (χ1n) is 8.64. The number of fused-ring (bicyclic) bond motifs is 1. The van der Waals surface area contributed by atoms with E-state index in [1.807, 2.05) is 24.5 Å². The number of rotatable bonds is 4. The van der Waals surface area contributed by atoms with Crippen molar-refractivity contribution >= 4 is 35.1 Å². The minimum atomic E-state index is -0.768. The summed E-state index contributed by atoms with van der Waals surface area (Å²) in [5.41, 5.74) is 1.92. The highest BCUT2D eigenvalue weighted by molar-refractivity contribution is 7.98. The fraction of sp³-hybridized carbons (Fsp3) is 0.150. The van der Waals surface area contributed by atoms with Crippen molar-refractivity contribution in [2.75, 3.05) is 16.9 Å². The summed E-state index contributed by atoms with van der Waals surface area (Å²) in [6.45, 7) is 0. The van der Waals surface area contributed by atoms with Crippen LogP contribution in [-0.2, 0) is 9.59 Å². The van der Waals surface area contributed by atoms with E-state index in [1.165, 1.54) is 16.8 Å². The maximum Gasteiger partial charge on any atom is 0.249 e. The van der Waals surface area contributed by atoms with Crippen molar-refractivity contribution < 1.29 is 14.0 Å². The lowest BCUT2D eigenvalue weighted by Crippen LogP contribution is -2.35. The van der Waals surface area contributed by atoms with E-state index in [2.05, 4.69) is 15.7 Å². The number of benzene rings is 2. The molecule has 2 aromatic carbocycles. The second kappa shape index (κ2) is 7.47. The molecule has 1 aromatic heterocycles. The van der Waals surface area contributed by atoms with Crippen molar-refractivity contribution in [2.45, 2.75) is 17.4 Å². The third-order valence-corrected chi connectivity index (χ3v) is 5.18. The van der Waals surface area contributed by atoms with Crippen LogP contribution >= 0.6 is 11.8 Å². The van der Waals surface area contributed by atoms with Gasteiger partial charge in [0.05, 0.1) is 12.1 Å². The molecule has 0 saturated carbocycles. The molecule has 0 spiro atoms. The molecule has 4 rings (SSSR count). The first-order chi connectivity index (χ1) is 13.5. The minimum Gasteiger partial charge on any atom is -0.324 e. The van der Waals surface area contributed by atoms with E-state index in [1.54, 1.807) is 36.0 Å². The summed E-state index contributed by atoms with van der Waals surface area (Å²) in [5, 5.41) is 10.1. The Hall–Kier alpha value is -3.13. The van der Waals surface area contributed by atoms with Gasteiger partial charge in [0.1, 0.15) is 17.7 Å². The maximum absolute atomic E-state index is 13.2. The van der Waals surface area contributed by atoms with Crippen LogP contribution in [0.15, 0.2) is 59.5 Å². The van der Waals surface area contributed by atoms with Crippen LogP contribution in [0.25, 0.3) is 11.3 Å². The second-order valence-corrected chi connectivity index (χ2v) is 7.24. The molecule has 0 aliphatic carbocycles. The number of thioether (sulfide) groups is 1. The first kappa shape index (κ1) is 18.2. The number of aromatic nitrogens is 2. The lowest BCUT2D eigenvalue weighted by Gasteiger charge is -2.23. The van der Waals surface area contributed by atoms with E-state index < -0.39 is 6.04 Å². The van der Waals surface area contributed by atoms with E-state index >= 15 is 0 Å². The molecule has 1 aliphatic rings. The zero-order chi connectivity index (χ0) is 19.7. The molecular weight excluding hydrogens is 379 g/mol. The highest BCUT2D eigenvalue weighted by Gasteiger charge is 2.32. The van der Waals surface area contributed by atoms with Gasteiger partial charge in [0, 0.05) is 22.2 Å². The van der Waals surface area contributed by atoms with Crippen molar-refractivity contribution in [1.82, 2.24) is 9.78 Å². The molecule has 3 aromatic rings. The highest BCUT2D eigenvalue weighted by atomic mass is 32.2. The number of hydrogen-bond donors (Lipinski definition) is 2. The topological polar surface area (TPSA) is 76.0 Å². The summed E-state index contributed by atoms with van der Waals surface area (Å²) in [7, 11) is 0. The number of hydrogen-bond acceptors (Lipinski definition) is 4. The molecule has 0 radical (unpaired) electrons. The normalized spacial score (nSPS) is 15.6. The smallest absolute Gasteiger partial charge is 0.249 e. The number of carbonyl (C=O) groups excluding carboxylic acids is 2. The monoisotopic (exact) mass is 396 g/mol. The van der Waals surface area contributed by atoms with Crippen LogP contribution in [0.1, 0.15) is 12.5 Å². The summed E-state index contributed by atoms with van der Waals surface area (Å²) < 4.78 is 14.7. The van der Waals surface area contributed by atoms with Crippen LogP contribution in [0.5, 0.6) is 0 Å². The largest absolute Gasteiger partial charge is 0.324 e. The molecule has 0 saturated heterocycles.